The van der Waals surface area contributed by atoms with Crippen molar-refractivity contribution in [1.29, 1.82) is 0 Å². The Morgan fingerprint density at radius 3 is 2.05 bits per heavy atom. The maximum atomic E-state index is 12.0. The predicted octanol–water partition coefficient (Wildman–Crippen LogP) is 2.37. The van der Waals surface area contributed by atoms with E-state index in [1.807, 2.05) is 26.0 Å². The average molecular weight is 299 g/mol. The van der Waals surface area contributed by atoms with Crippen LogP contribution in [-0.4, -0.2) is 39.9 Å². The zero-order valence-electron chi connectivity index (χ0n) is 13.2. The predicted molar refractivity (Wildman–Crippen MR) is 85.7 cm³/mol. The first-order valence-corrected chi connectivity index (χ1v) is 8.23. The van der Waals surface area contributed by atoms with Gasteiger partial charge in [-0.1, -0.05) is 6.07 Å². The lowest BCUT2D eigenvalue weighted by molar-refractivity contribution is 0.527. The van der Waals surface area contributed by atoms with Crippen molar-refractivity contribution in [3.8, 4) is 0 Å². The minimum Gasteiger partial charge on any atom is -0.372 e. The Bertz CT molecular complexity index is 564. The highest BCUT2D eigenvalue weighted by molar-refractivity contribution is 7.90. The molecule has 20 heavy (non-hydrogen) atoms. The summed E-state index contributed by atoms with van der Waals surface area (Å²) in [7, 11) is -0.456. The smallest absolute Gasteiger partial charge is 0.301 e. The molecular formula is C14H25N3O2S. The molecule has 1 rings (SSSR count). The third-order valence-corrected chi connectivity index (χ3v) is 4.81. The van der Waals surface area contributed by atoms with Crippen molar-refractivity contribution >= 4 is 21.6 Å². The van der Waals surface area contributed by atoms with E-state index in [1.165, 1.54) is 18.4 Å². The molecule has 0 amide bonds. The first-order chi connectivity index (χ1) is 9.22. The van der Waals surface area contributed by atoms with Gasteiger partial charge in [0.25, 0.3) is 0 Å². The number of nitrogens with zero attached hydrogens (tertiary/aromatic N) is 2. The molecule has 0 aliphatic rings. The maximum Gasteiger partial charge on any atom is 0.301 e. The molecule has 0 fully saturated rings. The standard InChI is InChI=1S/C14H25N3O2S/c1-7-17(8-2)14-10-13(11(3)9-12(14)4)15-20(18,19)16(5)6/h9-10,15H,7-8H2,1-6H3. The summed E-state index contributed by atoms with van der Waals surface area (Å²) in [5.41, 5.74) is 3.77. The van der Waals surface area contributed by atoms with Crippen molar-refractivity contribution in [2.45, 2.75) is 27.7 Å². The molecule has 0 bridgehead atoms. The van der Waals surface area contributed by atoms with E-state index in [-0.39, 0.29) is 0 Å². The molecule has 0 saturated carbocycles. The molecule has 114 valence electrons. The first kappa shape index (κ1) is 16.8. The SMILES string of the molecule is CCN(CC)c1cc(NS(=O)(=O)N(C)C)c(C)cc1C. The molecule has 0 unspecified atom stereocenters. The third-order valence-electron chi connectivity index (χ3n) is 3.37. The van der Waals surface area contributed by atoms with Gasteiger partial charge in [-0.15, -0.1) is 0 Å². The van der Waals surface area contributed by atoms with E-state index in [2.05, 4.69) is 23.5 Å². The summed E-state index contributed by atoms with van der Waals surface area (Å²) in [5, 5.41) is 0. The Hall–Kier alpha value is -1.27. The second-order valence-electron chi connectivity index (χ2n) is 5.02. The molecule has 0 aromatic heterocycles. The van der Waals surface area contributed by atoms with E-state index in [0.29, 0.717) is 5.69 Å². The van der Waals surface area contributed by atoms with Gasteiger partial charge in [-0.05, 0) is 44.9 Å². The highest BCUT2D eigenvalue weighted by atomic mass is 32.2. The van der Waals surface area contributed by atoms with Gasteiger partial charge >= 0.3 is 10.2 Å². The van der Waals surface area contributed by atoms with Crippen LogP contribution in [0.3, 0.4) is 0 Å². The van der Waals surface area contributed by atoms with Gasteiger partial charge in [-0.25, -0.2) is 0 Å². The van der Waals surface area contributed by atoms with Crippen molar-refractivity contribution in [2.24, 2.45) is 0 Å². The van der Waals surface area contributed by atoms with E-state index >= 15 is 0 Å². The normalized spacial score (nSPS) is 11.8. The molecule has 0 spiro atoms. The fourth-order valence-corrected chi connectivity index (χ4v) is 2.77. The molecule has 1 N–H and O–H groups in total. The quantitative estimate of drug-likeness (QED) is 0.877. The van der Waals surface area contributed by atoms with Gasteiger partial charge in [0.1, 0.15) is 0 Å². The van der Waals surface area contributed by atoms with Crippen molar-refractivity contribution in [2.75, 3.05) is 36.8 Å². The molecule has 0 saturated heterocycles. The van der Waals surface area contributed by atoms with Crippen LogP contribution in [0.2, 0.25) is 0 Å². The monoisotopic (exact) mass is 299 g/mol. The van der Waals surface area contributed by atoms with Gasteiger partial charge < -0.3 is 4.90 Å². The molecule has 0 atom stereocenters. The number of hydrogen-bond acceptors (Lipinski definition) is 3. The molecule has 0 aliphatic carbocycles. The van der Waals surface area contributed by atoms with Crippen LogP contribution in [0.15, 0.2) is 12.1 Å². The maximum absolute atomic E-state index is 12.0. The Labute approximate surface area is 122 Å². The number of hydrogen-bond donors (Lipinski definition) is 1. The second kappa shape index (κ2) is 6.45. The van der Waals surface area contributed by atoms with Crippen LogP contribution in [0.5, 0.6) is 0 Å². The van der Waals surface area contributed by atoms with E-state index in [1.54, 1.807) is 0 Å². The first-order valence-electron chi connectivity index (χ1n) is 6.79. The molecule has 5 nitrogen and oxygen atoms in total. The molecule has 1 aromatic carbocycles. The number of rotatable bonds is 6. The Morgan fingerprint density at radius 2 is 1.60 bits per heavy atom. The number of aryl methyl sites for hydroxylation is 2. The van der Waals surface area contributed by atoms with Crippen LogP contribution in [-0.2, 0) is 10.2 Å². The fraction of sp³-hybridized carbons (Fsp3) is 0.571. The molecule has 0 heterocycles. The minimum atomic E-state index is -3.48. The third kappa shape index (κ3) is 3.64. The van der Waals surface area contributed by atoms with Crippen LogP contribution >= 0.6 is 0 Å². The topological polar surface area (TPSA) is 52.7 Å². The molecule has 6 heteroatoms. The summed E-state index contributed by atoms with van der Waals surface area (Å²) >= 11 is 0. The van der Waals surface area contributed by atoms with Gasteiger partial charge in [0.15, 0.2) is 0 Å². The summed E-state index contributed by atoms with van der Waals surface area (Å²) in [6.07, 6.45) is 0. The van der Waals surface area contributed by atoms with Crippen LogP contribution in [0.25, 0.3) is 0 Å². The van der Waals surface area contributed by atoms with Crippen LogP contribution in [0.1, 0.15) is 25.0 Å². The molecular weight excluding hydrogens is 274 g/mol. The summed E-state index contributed by atoms with van der Waals surface area (Å²) in [5.74, 6) is 0. The van der Waals surface area contributed by atoms with Crippen molar-refractivity contribution in [1.82, 2.24) is 4.31 Å². The highest BCUT2D eigenvalue weighted by Crippen LogP contribution is 2.28. The Morgan fingerprint density at radius 1 is 1.05 bits per heavy atom. The van der Waals surface area contributed by atoms with Crippen molar-refractivity contribution in [3.05, 3.63) is 23.3 Å². The van der Waals surface area contributed by atoms with Crippen molar-refractivity contribution < 1.29 is 8.42 Å². The van der Waals surface area contributed by atoms with Crippen LogP contribution in [0, 0.1) is 13.8 Å². The molecule has 1 aromatic rings. The average Bonchev–Trinajstić information content (AvgIpc) is 2.35. The lowest BCUT2D eigenvalue weighted by atomic mass is 10.1. The lowest BCUT2D eigenvalue weighted by Crippen LogP contribution is -2.29. The van der Waals surface area contributed by atoms with Gasteiger partial charge in [0, 0.05) is 32.9 Å². The number of nitrogens with one attached hydrogen (secondary N) is 1. The van der Waals surface area contributed by atoms with E-state index < -0.39 is 10.2 Å². The van der Waals surface area contributed by atoms with Gasteiger partial charge in [-0.3, -0.25) is 4.72 Å². The Kier molecular flexibility index (Phi) is 5.42. The number of benzene rings is 1. The Balaban J connectivity index is 3.25. The van der Waals surface area contributed by atoms with Gasteiger partial charge in [0.05, 0.1) is 5.69 Å². The highest BCUT2D eigenvalue weighted by Gasteiger charge is 2.16. The van der Waals surface area contributed by atoms with E-state index in [4.69, 9.17) is 0 Å². The number of anilines is 2. The zero-order valence-corrected chi connectivity index (χ0v) is 14.0. The fourth-order valence-electron chi connectivity index (χ4n) is 2.09. The van der Waals surface area contributed by atoms with Crippen LogP contribution < -0.4 is 9.62 Å². The summed E-state index contributed by atoms with van der Waals surface area (Å²) in [6, 6.07) is 3.93. The van der Waals surface area contributed by atoms with E-state index in [0.717, 1.165) is 29.9 Å². The minimum absolute atomic E-state index is 0.631. The van der Waals surface area contributed by atoms with Gasteiger partial charge in [0.2, 0.25) is 0 Å². The summed E-state index contributed by atoms with van der Waals surface area (Å²) in [6.45, 7) is 9.91. The summed E-state index contributed by atoms with van der Waals surface area (Å²) < 4.78 is 27.7. The second-order valence-corrected chi connectivity index (χ2v) is 6.90. The molecule has 0 aliphatic heterocycles. The van der Waals surface area contributed by atoms with Crippen LogP contribution in [0.4, 0.5) is 11.4 Å². The molecule has 0 radical (unpaired) electrons. The summed E-state index contributed by atoms with van der Waals surface area (Å²) in [4.78, 5) is 2.21. The zero-order chi connectivity index (χ0) is 15.5. The van der Waals surface area contributed by atoms with Crippen molar-refractivity contribution in [3.63, 3.8) is 0 Å². The van der Waals surface area contributed by atoms with Gasteiger partial charge in [-0.2, -0.15) is 12.7 Å². The van der Waals surface area contributed by atoms with E-state index in [9.17, 15) is 8.42 Å². The largest absolute Gasteiger partial charge is 0.372 e. The lowest BCUT2D eigenvalue weighted by Gasteiger charge is -2.25.